The first-order chi connectivity index (χ1) is 14.3. The standard InChI is InChI=1S/C20H21Cl2N5O3/c1-13(28)24-5-7-25(8-6-24)19(29)17-11-18-20(30)26(9-10-27(18)23-17)12-14-15(21)3-2-4-16(14)22/h2-4,11H,5-10,12H2,1H3. The summed E-state index contributed by atoms with van der Waals surface area (Å²) < 4.78 is 1.58. The Morgan fingerprint density at radius 2 is 1.63 bits per heavy atom. The normalized spacial score (nSPS) is 16.6. The van der Waals surface area contributed by atoms with Crippen molar-refractivity contribution in [3.63, 3.8) is 0 Å². The molecule has 0 saturated carbocycles. The van der Waals surface area contributed by atoms with Crippen molar-refractivity contribution >= 4 is 40.9 Å². The van der Waals surface area contributed by atoms with E-state index in [1.807, 2.05) is 0 Å². The summed E-state index contributed by atoms with van der Waals surface area (Å²) in [5.41, 5.74) is 1.31. The Kier molecular flexibility index (Phi) is 5.71. The highest BCUT2D eigenvalue weighted by Crippen LogP contribution is 2.27. The third-order valence-corrected chi connectivity index (χ3v) is 6.22. The molecule has 8 nitrogen and oxygen atoms in total. The van der Waals surface area contributed by atoms with Crippen LogP contribution in [0.2, 0.25) is 10.0 Å². The third kappa shape index (κ3) is 3.89. The van der Waals surface area contributed by atoms with Gasteiger partial charge in [0.25, 0.3) is 11.8 Å². The van der Waals surface area contributed by atoms with Crippen LogP contribution in [0, 0.1) is 0 Å². The minimum Gasteiger partial charge on any atom is -0.339 e. The number of fused-ring (bicyclic) bond motifs is 1. The quantitative estimate of drug-likeness (QED) is 0.718. The van der Waals surface area contributed by atoms with Crippen molar-refractivity contribution in [1.29, 1.82) is 0 Å². The Hall–Kier alpha value is -2.58. The summed E-state index contributed by atoms with van der Waals surface area (Å²) in [5, 5.41) is 5.37. The van der Waals surface area contributed by atoms with Crippen LogP contribution in [0.1, 0.15) is 33.5 Å². The number of halogens is 2. The highest BCUT2D eigenvalue weighted by Gasteiger charge is 2.31. The zero-order valence-corrected chi connectivity index (χ0v) is 18.0. The van der Waals surface area contributed by atoms with Crippen LogP contribution < -0.4 is 0 Å². The van der Waals surface area contributed by atoms with E-state index in [4.69, 9.17) is 23.2 Å². The van der Waals surface area contributed by atoms with E-state index in [-0.39, 0.29) is 23.4 Å². The number of nitrogens with zero attached hydrogens (tertiary/aromatic N) is 5. The topological polar surface area (TPSA) is 78.8 Å². The number of carbonyl (C=O) groups is 3. The van der Waals surface area contributed by atoms with Crippen LogP contribution in [0.3, 0.4) is 0 Å². The summed E-state index contributed by atoms with van der Waals surface area (Å²) >= 11 is 12.5. The Balaban J connectivity index is 1.48. The SMILES string of the molecule is CC(=O)N1CCN(C(=O)c2cc3n(n2)CCN(Cc2c(Cl)cccc2Cl)C3=O)CC1. The molecule has 3 amide bonds. The second-order valence-electron chi connectivity index (χ2n) is 7.36. The minimum absolute atomic E-state index is 0.00358. The van der Waals surface area contributed by atoms with E-state index in [2.05, 4.69) is 5.10 Å². The van der Waals surface area contributed by atoms with Crippen LogP contribution in [0.5, 0.6) is 0 Å². The predicted molar refractivity (Wildman–Crippen MR) is 112 cm³/mol. The largest absolute Gasteiger partial charge is 0.339 e. The van der Waals surface area contributed by atoms with Gasteiger partial charge in [-0.25, -0.2) is 0 Å². The number of piperazine rings is 1. The van der Waals surface area contributed by atoms with Gasteiger partial charge in [0, 0.05) is 67.9 Å². The molecule has 1 saturated heterocycles. The number of hydrogen-bond acceptors (Lipinski definition) is 4. The molecule has 2 aromatic rings. The van der Waals surface area contributed by atoms with Gasteiger partial charge in [0.2, 0.25) is 5.91 Å². The van der Waals surface area contributed by atoms with Gasteiger partial charge >= 0.3 is 0 Å². The molecule has 0 unspecified atom stereocenters. The maximum absolute atomic E-state index is 13.0. The van der Waals surface area contributed by atoms with Crippen molar-refractivity contribution in [3.8, 4) is 0 Å². The predicted octanol–water partition coefficient (Wildman–Crippen LogP) is 2.15. The monoisotopic (exact) mass is 449 g/mol. The van der Waals surface area contributed by atoms with Gasteiger partial charge in [0.15, 0.2) is 5.69 Å². The van der Waals surface area contributed by atoms with Crippen LogP contribution in [0.25, 0.3) is 0 Å². The van der Waals surface area contributed by atoms with Crippen LogP contribution in [0.4, 0.5) is 0 Å². The highest BCUT2D eigenvalue weighted by atomic mass is 35.5. The molecule has 10 heteroatoms. The molecule has 1 fully saturated rings. The molecular formula is C20H21Cl2N5O3. The lowest BCUT2D eigenvalue weighted by atomic mass is 10.1. The average molecular weight is 450 g/mol. The first kappa shape index (κ1) is 20.7. The number of rotatable bonds is 3. The van der Waals surface area contributed by atoms with Gasteiger partial charge in [-0.15, -0.1) is 0 Å². The van der Waals surface area contributed by atoms with Crippen LogP contribution >= 0.6 is 23.2 Å². The molecule has 0 bridgehead atoms. The molecule has 1 aromatic heterocycles. The molecule has 0 aliphatic carbocycles. The summed E-state index contributed by atoms with van der Waals surface area (Å²) in [6.45, 7) is 4.64. The smallest absolute Gasteiger partial charge is 0.274 e. The molecule has 0 radical (unpaired) electrons. The molecule has 30 heavy (non-hydrogen) atoms. The second-order valence-corrected chi connectivity index (χ2v) is 8.18. The van der Waals surface area contributed by atoms with Gasteiger partial charge in [-0.2, -0.15) is 5.10 Å². The summed E-state index contributed by atoms with van der Waals surface area (Å²) in [6.07, 6.45) is 0. The lowest BCUT2D eigenvalue weighted by Gasteiger charge is -2.33. The Morgan fingerprint density at radius 3 is 2.27 bits per heavy atom. The molecular weight excluding hydrogens is 429 g/mol. The van der Waals surface area contributed by atoms with Crippen molar-refractivity contribution in [2.75, 3.05) is 32.7 Å². The maximum atomic E-state index is 13.0. The molecule has 3 heterocycles. The first-order valence-electron chi connectivity index (χ1n) is 9.70. The second kappa shape index (κ2) is 8.28. The van der Waals surface area contributed by atoms with E-state index in [1.54, 1.807) is 43.6 Å². The lowest BCUT2D eigenvalue weighted by molar-refractivity contribution is -0.130. The molecule has 158 valence electrons. The Labute approximate surface area is 183 Å². The zero-order valence-electron chi connectivity index (χ0n) is 16.5. The fraction of sp³-hybridized carbons (Fsp3) is 0.400. The number of benzene rings is 1. The molecule has 4 rings (SSSR count). The summed E-state index contributed by atoms with van der Waals surface area (Å²) in [6, 6.07) is 6.78. The highest BCUT2D eigenvalue weighted by molar-refractivity contribution is 6.36. The van der Waals surface area contributed by atoms with Crippen molar-refractivity contribution in [1.82, 2.24) is 24.5 Å². The van der Waals surface area contributed by atoms with Crippen molar-refractivity contribution in [2.45, 2.75) is 20.0 Å². The van der Waals surface area contributed by atoms with Gasteiger partial charge in [-0.3, -0.25) is 19.1 Å². The number of aromatic nitrogens is 2. The van der Waals surface area contributed by atoms with E-state index >= 15 is 0 Å². The Morgan fingerprint density at radius 1 is 1.00 bits per heavy atom. The Bertz CT molecular complexity index is 994. The van der Waals surface area contributed by atoms with E-state index in [9.17, 15) is 14.4 Å². The fourth-order valence-electron chi connectivity index (χ4n) is 3.75. The fourth-order valence-corrected chi connectivity index (χ4v) is 4.27. The molecule has 2 aliphatic heterocycles. The third-order valence-electron chi connectivity index (χ3n) is 5.51. The lowest BCUT2D eigenvalue weighted by Crippen LogP contribution is -2.50. The molecule has 0 N–H and O–H groups in total. The molecule has 0 atom stereocenters. The zero-order chi connectivity index (χ0) is 21.4. The minimum atomic E-state index is -0.228. The summed E-state index contributed by atoms with van der Waals surface area (Å²) in [7, 11) is 0. The van der Waals surface area contributed by atoms with E-state index in [0.29, 0.717) is 67.1 Å². The summed E-state index contributed by atoms with van der Waals surface area (Å²) in [4.78, 5) is 42.3. The van der Waals surface area contributed by atoms with Crippen LogP contribution in [-0.2, 0) is 17.9 Å². The first-order valence-corrected chi connectivity index (χ1v) is 10.5. The van der Waals surface area contributed by atoms with Gasteiger partial charge in [-0.05, 0) is 12.1 Å². The molecule has 1 aromatic carbocycles. The van der Waals surface area contributed by atoms with Crippen molar-refractivity contribution < 1.29 is 14.4 Å². The molecule has 2 aliphatic rings. The van der Waals surface area contributed by atoms with Crippen molar-refractivity contribution in [3.05, 3.63) is 51.3 Å². The van der Waals surface area contributed by atoms with E-state index < -0.39 is 0 Å². The molecule has 0 spiro atoms. The van der Waals surface area contributed by atoms with Crippen LogP contribution in [-0.4, -0.2) is 74.9 Å². The number of amides is 3. The van der Waals surface area contributed by atoms with Gasteiger partial charge in [0.05, 0.1) is 6.54 Å². The van der Waals surface area contributed by atoms with E-state index in [0.717, 1.165) is 0 Å². The van der Waals surface area contributed by atoms with Gasteiger partial charge < -0.3 is 14.7 Å². The number of hydrogen-bond donors (Lipinski definition) is 0. The summed E-state index contributed by atoms with van der Waals surface area (Å²) in [5.74, 6) is -0.442. The maximum Gasteiger partial charge on any atom is 0.274 e. The van der Waals surface area contributed by atoms with Crippen LogP contribution in [0.15, 0.2) is 24.3 Å². The average Bonchev–Trinajstić information content (AvgIpc) is 3.17. The number of carbonyl (C=O) groups excluding carboxylic acids is 3. The van der Waals surface area contributed by atoms with Crippen molar-refractivity contribution in [2.24, 2.45) is 0 Å². The van der Waals surface area contributed by atoms with Gasteiger partial charge in [0.1, 0.15) is 5.69 Å². The van der Waals surface area contributed by atoms with Gasteiger partial charge in [-0.1, -0.05) is 29.3 Å². The van der Waals surface area contributed by atoms with E-state index in [1.165, 1.54) is 6.92 Å².